The first-order valence-electron chi connectivity index (χ1n) is 13.1. The van der Waals surface area contributed by atoms with Gasteiger partial charge in [-0.3, -0.25) is 19.5 Å². The molecule has 2 aromatic heterocycles. The number of aryl methyl sites for hydroxylation is 1. The van der Waals surface area contributed by atoms with Crippen LogP contribution in [-0.4, -0.2) is 42.4 Å². The van der Waals surface area contributed by atoms with E-state index in [0.717, 1.165) is 26.5 Å². The molecule has 2 heterocycles. The number of carbonyl (C=O) groups is 1. The number of benzene rings is 3. The summed E-state index contributed by atoms with van der Waals surface area (Å²) in [5.74, 6) is -0.635. The number of hydrogen-bond donors (Lipinski definition) is 2. The molecule has 10 heteroatoms. The molecule has 0 aliphatic rings. The van der Waals surface area contributed by atoms with Crippen molar-refractivity contribution < 1.29 is 17.9 Å². The highest BCUT2D eigenvalue weighted by Crippen LogP contribution is 2.31. The number of ether oxygens (including phenoxy) is 1. The van der Waals surface area contributed by atoms with Crippen molar-refractivity contribution in [2.24, 2.45) is 12.8 Å². The second-order valence-electron chi connectivity index (χ2n) is 10.1. The van der Waals surface area contributed by atoms with Crippen LogP contribution in [0, 0.1) is 5.41 Å². The molecule has 41 heavy (non-hydrogen) atoms. The first kappa shape index (κ1) is 27.9. The third-order valence-electron chi connectivity index (χ3n) is 6.87. The number of nitrogens with two attached hydrogens (primary N) is 1. The molecular weight excluding hydrogens is 538 g/mol. The van der Waals surface area contributed by atoms with Gasteiger partial charge in [-0.2, -0.15) is 0 Å². The Kier molecular flexibility index (Phi) is 7.51. The molecule has 0 atom stereocenters. The summed E-state index contributed by atoms with van der Waals surface area (Å²) in [6.07, 6.45) is 1.78. The van der Waals surface area contributed by atoms with Crippen LogP contribution >= 0.6 is 0 Å². The summed E-state index contributed by atoms with van der Waals surface area (Å²) in [6, 6.07) is 23.3. The van der Waals surface area contributed by atoms with E-state index in [4.69, 9.17) is 15.9 Å². The first-order valence-corrected chi connectivity index (χ1v) is 14.6. The fourth-order valence-electron chi connectivity index (χ4n) is 4.87. The Balaban J connectivity index is 1.56. The topological polar surface area (TPSA) is 131 Å². The van der Waals surface area contributed by atoms with Crippen molar-refractivity contribution in [3.8, 4) is 0 Å². The minimum atomic E-state index is -4.21. The van der Waals surface area contributed by atoms with Crippen molar-refractivity contribution in [3.05, 3.63) is 102 Å². The highest BCUT2D eigenvalue weighted by Gasteiger charge is 2.30. The number of nitrogens with zero attached hydrogens (tertiary/aromatic N) is 3. The number of rotatable bonds is 9. The van der Waals surface area contributed by atoms with Crippen LogP contribution < -0.4 is 10.0 Å². The molecule has 9 nitrogen and oxygen atoms in total. The summed E-state index contributed by atoms with van der Waals surface area (Å²) < 4.78 is 36.8. The fourth-order valence-corrected chi connectivity index (χ4v) is 6.43. The molecule has 0 unspecified atom stereocenters. The van der Waals surface area contributed by atoms with Crippen LogP contribution in [0.4, 0.5) is 5.69 Å². The molecule has 0 spiro atoms. The minimum Gasteiger partial charge on any atom is -0.462 e. The Morgan fingerprint density at radius 1 is 1.02 bits per heavy atom. The average Bonchev–Trinajstić information content (AvgIpc) is 3.25. The van der Waals surface area contributed by atoms with Crippen LogP contribution in [0.5, 0.6) is 0 Å². The molecule has 0 bridgehead atoms. The summed E-state index contributed by atoms with van der Waals surface area (Å²) in [5, 5.41) is 9.10. The van der Waals surface area contributed by atoms with Crippen molar-refractivity contribution >= 4 is 49.3 Å². The SMILES string of the molecule is CC(C)OC(=O)CN(c1ccc2c(c1)cc(Cc1ccc(C(=N)N)cc1)n2C)S(=O)(=O)c1cccc2cccnc12. The molecule has 0 saturated heterocycles. The number of sulfonamides is 1. The van der Waals surface area contributed by atoms with Crippen molar-refractivity contribution in [2.45, 2.75) is 31.3 Å². The number of fused-ring (bicyclic) bond motifs is 2. The standard InChI is InChI=1S/C31H31N5O4S/c1-20(2)40-29(37)19-36(41(38,39)28-8-4-6-22-7-5-15-34-30(22)28)25-13-14-27-24(17-25)18-26(35(27)3)16-21-9-11-23(12-10-21)31(32)33/h4-15,17-18,20H,16,19H2,1-3H3,(H3,32,33). The fraction of sp³-hybridized carbons (Fsp3) is 0.194. The molecule has 3 N–H and O–H groups in total. The monoisotopic (exact) mass is 569 g/mol. The lowest BCUT2D eigenvalue weighted by Gasteiger charge is -2.25. The Bertz CT molecular complexity index is 1870. The molecular formula is C31H31N5O4S. The molecule has 0 saturated carbocycles. The maximum atomic E-state index is 14.1. The summed E-state index contributed by atoms with van der Waals surface area (Å²) in [4.78, 5) is 17.1. The summed E-state index contributed by atoms with van der Waals surface area (Å²) in [7, 11) is -2.25. The number of para-hydroxylation sites is 1. The van der Waals surface area contributed by atoms with E-state index in [2.05, 4.69) is 9.55 Å². The lowest BCUT2D eigenvalue weighted by atomic mass is 10.1. The second kappa shape index (κ2) is 11.1. The number of nitrogens with one attached hydrogen (secondary N) is 1. The van der Waals surface area contributed by atoms with Crippen LogP contribution in [0.25, 0.3) is 21.8 Å². The Morgan fingerprint density at radius 3 is 2.46 bits per heavy atom. The largest absolute Gasteiger partial charge is 0.462 e. The first-order chi connectivity index (χ1) is 19.5. The van der Waals surface area contributed by atoms with Crippen LogP contribution in [0.3, 0.4) is 0 Å². The van der Waals surface area contributed by atoms with Crippen LogP contribution in [-0.2, 0) is 33.0 Å². The summed E-state index contributed by atoms with van der Waals surface area (Å²) in [6.45, 7) is 2.95. The number of amidine groups is 1. The maximum absolute atomic E-state index is 14.1. The zero-order valence-corrected chi connectivity index (χ0v) is 23.9. The van der Waals surface area contributed by atoms with E-state index in [0.29, 0.717) is 28.6 Å². The normalized spacial score (nSPS) is 11.7. The molecule has 0 fully saturated rings. The minimum absolute atomic E-state index is 0.0100. The van der Waals surface area contributed by atoms with Crippen molar-refractivity contribution in [3.63, 3.8) is 0 Å². The van der Waals surface area contributed by atoms with Gasteiger partial charge in [0.15, 0.2) is 0 Å². The Labute approximate surface area is 238 Å². The van der Waals surface area contributed by atoms with Crippen LogP contribution in [0.15, 0.2) is 90.0 Å². The zero-order valence-electron chi connectivity index (χ0n) is 23.0. The number of carbonyl (C=O) groups excluding carboxylic acids is 1. The van der Waals surface area contributed by atoms with Gasteiger partial charge in [0.05, 0.1) is 17.3 Å². The lowest BCUT2D eigenvalue weighted by Crippen LogP contribution is -2.37. The number of aromatic nitrogens is 2. The average molecular weight is 570 g/mol. The number of nitrogen functional groups attached to an aromatic ring is 1. The van der Waals surface area contributed by atoms with Gasteiger partial charge < -0.3 is 15.0 Å². The predicted molar refractivity (Wildman–Crippen MR) is 161 cm³/mol. The molecule has 0 radical (unpaired) electrons. The van der Waals surface area contributed by atoms with Gasteiger partial charge in [-0.1, -0.05) is 42.5 Å². The molecule has 3 aromatic carbocycles. The van der Waals surface area contributed by atoms with Gasteiger partial charge in [-0.25, -0.2) is 8.42 Å². The van der Waals surface area contributed by atoms with Crippen LogP contribution in [0.1, 0.15) is 30.7 Å². The predicted octanol–water partition coefficient (Wildman–Crippen LogP) is 4.75. The van der Waals surface area contributed by atoms with Crippen molar-refractivity contribution in [1.82, 2.24) is 9.55 Å². The smallest absolute Gasteiger partial charge is 0.327 e. The van der Waals surface area contributed by atoms with Crippen LogP contribution in [0.2, 0.25) is 0 Å². The Morgan fingerprint density at radius 2 is 1.76 bits per heavy atom. The number of esters is 1. The number of hydrogen-bond acceptors (Lipinski definition) is 6. The van der Waals surface area contributed by atoms with Gasteiger partial charge in [0.2, 0.25) is 0 Å². The maximum Gasteiger partial charge on any atom is 0.327 e. The number of anilines is 1. The molecule has 5 aromatic rings. The Hall–Kier alpha value is -4.70. The van der Waals surface area contributed by atoms with Gasteiger partial charge in [-0.05, 0) is 55.8 Å². The molecule has 5 rings (SSSR count). The number of pyridine rings is 1. The zero-order chi connectivity index (χ0) is 29.3. The van der Waals surface area contributed by atoms with Gasteiger partial charge in [0, 0.05) is 47.2 Å². The highest BCUT2D eigenvalue weighted by molar-refractivity contribution is 7.93. The van der Waals surface area contributed by atoms with E-state index in [9.17, 15) is 13.2 Å². The molecule has 210 valence electrons. The van der Waals surface area contributed by atoms with E-state index in [-0.39, 0.29) is 10.7 Å². The molecule has 0 aliphatic heterocycles. The lowest BCUT2D eigenvalue weighted by molar-refractivity contribution is -0.145. The van der Waals surface area contributed by atoms with Gasteiger partial charge >= 0.3 is 5.97 Å². The van der Waals surface area contributed by atoms with Gasteiger partial charge in [0.1, 0.15) is 17.3 Å². The highest BCUT2D eigenvalue weighted by atomic mass is 32.2. The second-order valence-corrected chi connectivity index (χ2v) is 11.9. The van der Waals surface area contributed by atoms with E-state index in [1.165, 1.54) is 6.07 Å². The van der Waals surface area contributed by atoms with E-state index >= 15 is 0 Å². The third kappa shape index (κ3) is 5.64. The third-order valence-corrected chi connectivity index (χ3v) is 8.67. The van der Waals surface area contributed by atoms with Crippen molar-refractivity contribution in [1.29, 1.82) is 5.41 Å². The molecule has 0 aliphatic carbocycles. The summed E-state index contributed by atoms with van der Waals surface area (Å²) in [5.41, 5.74) is 9.89. The van der Waals surface area contributed by atoms with Gasteiger partial charge in [-0.15, -0.1) is 0 Å². The van der Waals surface area contributed by atoms with E-state index in [1.54, 1.807) is 56.4 Å². The van der Waals surface area contributed by atoms with Gasteiger partial charge in [0.25, 0.3) is 10.0 Å². The molecule has 0 amide bonds. The quantitative estimate of drug-likeness (QED) is 0.150. The van der Waals surface area contributed by atoms with E-state index in [1.807, 2.05) is 43.4 Å². The van der Waals surface area contributed by atoms with E-state index < -0.39 is 28.6 Å². The summed E-state index contributed by atoms with van der Waals surface area (Å²) >= 11 is 0. The van der Waals surface area contributed by atoms with Crippen molar-refractivity contribution in [2.75, 3.05) is 10.8 Å².